The molecule has 0 saturated heterocycles. The van der Waals surface area contributed by atoms with Gasteiger partial charge in [0.05, 0.1) is 15.7 Å². The largest absolute Gasteiger partial charge is 0.573 e. The zero-order chi connectivity index (χ0) is 24.7. The molecule has 0 spiro atoms. The lowest BCUT2D eigenvalue weighted by Crippen LogP contribution is -2.32. The first-order chi connectivity index (χ1) is 15.2. The molecule has 16 heteroatoms. The molecule has 2 aromatic carbocycles. The summed E-state index contributed by atoms with van der Waals surface area (Å²) < 4.78 is 94.9. The number of nitrogens with zero attached hydrogens (tertiary/aromatic N) is 3. The van der Waals surface area contributed by atoms with Crippen LogP contribution in [-0.4, -0.2) is 35.7 Å². The molecule has 33 heavy (non-hydrogen) atoms. The van der Waals surface area contributed by atoms with Gasteiger partial charge in [0, 0.05) is 18.2 Å². The lowest BCUT2D eigenvalue weighted by molar-refractivity contribution is -0.274. The summed E-state index contributed by atoms with van der Waals surface area (Å²) in [5, 5.41) is 6.43. The molecule has 1 N–H and O–H groups in total. The minimum absolute atomic E-state index is 0.115. The van der Waals surface area contributed by atoms with E-state index < -0.39 is 50.3 Å². The number of carbonyl (C=O) groups excluding carboxylic acids is 1. The van der Waals surface area contributed by atoms with Crippen LogP contribution in [0.2, 0.25) is 10.0 Å². The Morgan fingerprint density at radius 1 is 1.12 bits per heavy atom. The maximum atomic E-state index is 13.8. The lowest BCUT2D eigenvalue weighted by Gasteiger charge is -2.13. The van der Waals surface area contributed by atoms with Gasteiger partial charge in [0.25, 0.3) is 15.9 Å². The Morgan fingerprint density at radius 2 is 1.73 bits per heavy atom. The zero-order valence-corrected chi connectivity index (χ0v) is 18.2. The number of rotatable bonds is 5. The van der Waals surface area contributed by atoms with Gasteiger partial charge >= 0.3 is 6.36 Å². The van der Waals surface area contributed by atoms with Gasteiger partial charge in [0.2, 0.25) is 0 Å². The lowest BCUT2D eigenvalue weighted by atomic mass is 10.2. The molecule has 3 rings (SSSR count). The quantitative estimate of drug-likeness (QED) is 0.496. The Balaban J connectivity index is 1.93. The smallest absolute Gasteiger partial charge is 0.406 e. The number of ether oxygens (including phenoxy) is 1. The number of halogens is 7. The maximum absolute atomic E-state index is 13.8. The van der Waals surface area contributed by atoms with E-state index in [0.717, 1.165) is 16.8 Å². The van der Waals surface area contributed by atoms with Crippen LogP contribution in [0.1, 0.15) is 16.2 Å². The minimum Gasteiger partial charge on any atom is -0.406 e. The molecule has 1 amide bonds. The first-order valence-electron chi connectivity index (χ1n) is 8.39. The van der Waals surface area contributed by atoms with Crippen molar-refractivity contribution in [1.82, 2.24) is 19.7 Å². The average Bonchev–Trinajstić information content (AvgIpc) is 3.00. The van der Waals surface area contributed by atoms with Crippen molar-refractivity contribution in [3.8, 4) is 11.4 Å². The van der Waals surface area contributed by atoms with Crippen LogP contribution in [0, 0.1) is 18.6 Å². The van der Waals surface area contributed by atoms with Crippen molar-refractivity contribution in [2.24, 2.45) is 0 Å². The number of hydrogen-bond donors (Lipinski definition) is 1. The standard InChI is InChI=1S/C17H9Cl2F5N4O4S/c1-7-14(16(29)26-33(30,31)13-3-2-8(20)4-12(13)21)25-27-28(7)15-10(18)5-9(6-11(15)19)32-17(22,23)24/h2-6H,1H3,(H,26,29). The number of hydrogen-bond acceptors (Lipinski definition) is 6. The molecule has 8 nitrogen and oxygen atoms in total. The summed E-state index contributed by atoms with van der Waals surface area (Å²) in [5.41, 5.74) is -0.844. The second kappa shape index (κ2) is 8.76. The number of alkyl halides is 3. The fourth-order valence-corrected chi connectivity index (χ4v) is 4.25. The van der Waals surface area contributed by atoms with E-state index in [1.54, 1.807) is 4.72 Å². The molecule has 0 unspecified atom stereocenters. The van der Waals surface area contributed by atoms with Crippen molar-refractivity contribution in [2.45, 2.75) is 18.2 Å². The van der Waals surface area contributed by atoms with Crippen molar-refractivity contribution in [3.05, 3.63) is 63.4 Å². The third-order valence-electron chi connectivity index (χ3n) is 3.96. The van der Waals surface area contributed by atoms with E-state index in [0.29, 0.717) is 18.2 Å². The first kappa shape index (κ1) is 24.7. The normalized spacial score (nSPS) is 12.0. The van der Waals surface area contributed by atoms with E-state index in [2.05, 4.69) is 15.0 Å². The molecule has 0 aliphatic heterocycles. The molecule has 0 bridgehead atoms. The van der Waals surface area contributed by atoms with E-state index in [1.165, 1.54) is 6.92 Å². The predicted octanol–water partition coefficient (Wildman–Crippen LogP) is 4.18. The van der Waals surface area contributed by atoms with E-state index in [1.807, 2.05) is 0 Å². The highest BCUT2D eigenvalue weighted by Crippen LogP contribution is 2.35. The second-order valence-electron chi connectivity index (χ2n) is 6.23. The van der Waals surface area contributed by atoms with Gasteiger partial charge in [-0.15, -0.1) is 18.3 Å². The number of carbonyl (C=O) groups is 1. The number of nitrogens with one attached hydrogen (secondary N) is 1. The van der Waals surface area contributed by atoms with Crippen LogP contribution in [0.15, 0.2) is 35.2 Å². The molecule has 0 atom stereocenters. The number of amides is 1. The SMILES string of the molecule is Cc1c(C(=O)NS(=O)(=O)c2ccc(F)cc2F)nnn1-c1c(Cl)cc(OC(F)(F)F)cc1Cl. The third-order valence-corrected chi connectivity index (χ3v) is 5.90. The second-order valence-corrected chi connectivity index (χ2v) is 8.69. The van der Waals surface area contributed by atoms with Crippen LogP contribution in [0.4, 0.5) is 22.0 Å². The van der Waals surface area contributed by atoms with Crippen molar-refractivity contribution in [2.75, 3.05) is 0 Å². The van der Waals surface area contributed by atoms with Crippen molar-refractivity contribution >= 4 is 39.1 Å². The molecule has 1 aromatic heterocycles. The molecular formula is C17H9Cl2F5N4O4S. The molecule has 0 aliphatic rings. The monoisotopic (exact) mass is 530 g/mol. The third kappa shape index (κ3) is 5.34. The molecular weight excluding hydrogens is 522 g/mol. The Labute approximate surface area is 191 Å². The van der Waals surface area contributed by atoms with Crippen LogP contribution in [0.25, 0.3) is 5.69 Å². The number of sulfonamides is 1. The van der Waals surface area contributed by atoms with Crippen LogP contribution in [0.5, 0.6) is 5.75 Å². The van der Waals surface area contributed by atoms with Gasteiger partial charge in [-0.05, 0) is 19.1 Å². The molecule has 0 radical (unpaired) electrons. The maximum Gasteiger partial charge on any atom is 0.573 e. The van der Waals surface area contributed by atoms with Gasteiger partial charge in [0.1, 0.15) is 28.0 Å². The number of aromatic nitrogens is 3. The summed E-state index contributed by atoms with van der Waals surface area (Å²) in [6.45, 7) is 1.26. The van der Waals surface area contributed by atoms with E-state index in [4.69, 9.17) is 23.2 Å². The average molecular weight is 531 g/mol. The Hall–Kier alpha value is -2.97. The highest BCUT2D eigenvalue weighted by Gasteiger charge is 2.32. The van der Waals surface area contributed by atoms with Gasteiger partial charge < -0.3 is 4.74 Å². The summed E-state index contributed by atoms with van der Waals surface area (Å²) in [5.74, 6) is -4.51. The molecule has 1 heterocycles. The summed E-state index contributed by atoms with van der Waals surface area (Å²) in [4.78, 5) is 11.5. The Morgan fingerprint density at radius 3 is 2.27 bits per heavy atom. The van der Waals surface area contributed by atoms with Crippen LogP contribution in [-0.2, 0) is 10.0 Å². The van der Waals surface area contributed by atoms with E-state index in [-0.39, 0.29) is 21.4 Å². The summed E-state index contributed by atoms with van der Waals surface area (Å²) in [6.07, 6.45) is -5.00. The summed E-state index contributed by atoms with van der Waals surface area (Å²) in [7, 11) is -4.76. The van der Waals surface area contributed by atoms with Gasteiger partial charge in [-0.3, -0.25) is 4.79 Å². The molecule has 3 aromatic rings. The van der Waals surface area contributed by atoms with Crippen molar-refractivity contribution in [1.29, 1.82) is 0 Å². The van der Waals surface area contributed by atoms with Gasteiger partial charge in [-0.1, -0.05) is 28.4 Å². The summed E-state index contributed by atoms with van der Waals surface area (Å²) in [6, 6.07) is 3.20. The Kier molecular flexibility index (Phi) is 6.55. The number of benzene rings is 2. The van der Waals surface area contributed by atoms with E-state index in [9.17, 15) is 35.2 Å². The minimum atomic E-state index is -5.00. The van der Waals surface area contributed by atoms with Crippen LogP contribution >= 0.6 is 23.2 Å². The fourth-order valence-electron chi connectivity index (χ4n) is 2.61. The van der Waals surface area contributed by atoms with Crippen molar-refractivity contribution < 1.29 is 39.9 Å². The molecule has 0 aliphatic carbocycles. The van der Waals surface area contributed by atoms with Gasteiger partial charge in [-0.2, -0.15) is 0 Å². The molecule has 0 saturated carbocycles. The van der Waals surface area contributed by atoms with E-state index >= 15 is 0 Å². The summed E-state index contributed by atoms with van der Waals surface area (Å²) >= 11 is 12.0. The van der Waals surface area contributed by atoms with Gasteiger partial charge in [-0.25, -0.2) is 26.6 Å². The van der Waals surface area contributed by atoms with Crippen LogP contribution < -0.4 is 9.46 Å². The predicted molar refractivity (Wildman–Crippen MR) is 104 cm³/mol. The Bertz CT molecular complexity index is 1340. The molecule has 176 valence electrons. The first-order valence-corrected chi connectivity index (χ1v) is 10.6. The highest BCUT2D eigenvalue weighted by molar-refractivity contribution is 7.90. The fraction of sp³-hybridized carbons (Fsp3) is 0.118. The highest BCUT2D eigenvalue weighted by atomic mass is 35.5. The van der Waals surface area contributed by atoms with Gasteiger partial charge in [0.15, 0.2) is 5.69 Å². The topological polar surface area (TPSA) is 103 Å². The van der Waals surface area contributed by atoms with Crippen molar-refractivity contribution in [3.63, 3.8) is 0 Å². The molecule has 0 fully saturated rings. The zero-order valence-electron chi connectivity index (χ0n) is 15.9. The van der Waals surface area contributed by atoms with Crippen LogP contribution in [0.3, 0.4) is 0 Å².